The van der Waals surface area contributed by atoms with E-state index in [4.69, 9.17) is 16.3 Å². The fourth-order valence-electron chi connectivity index (χ4n) is 1.43. The first-order valence-electron chi connectivity index (χ1n) is 5.63. The lowest BCUT2D eigenvalue weighted by Gasteiger charge is -2.07. The Morgan fingerprint density at radius 3 is 2.58 bits per heavy atom. The van der Waals surface area contributed by atoms with E-state index >= 15 is 0 Å². The molecule has 19 heavy (non-hydrogen) atoms. The number of nitro groups is 1. The van der Waals surface area contributed by atoms with E-state index in [0.29, 0.717) is 12.2 Å². The SMILES string of the molecule is CCCS(=O)(=O)CCOc1ccc([N+](=O)[O-])c(Cl)c1. The number of hydrogen-bond donors (Lipinski definition) is 0. The summed E-state index contributed by atoms with van der Waals surface area (Å²) in [6.45, 7) is 1.78. The van der Waals surface area contributed by atoms with E-state index in [1.54, 1.807) is 6.92 Å². The fraction of sp³-hybridized carbons (Fsp3) is 0.455. The van der Waals surface area contributed by atoms with Crippen molar-refractivity contribution in [3.05, 3.63) is 33.3 Å². The highest BCUT2D eigenvalue weighted by molar-refractivity contribution is 7.91. The molecular formula is C11H14ClNO5S. The average molecular weight is 308 g/mol. The summed E-state index contributed by atoms with van der Waals surface area (Å²) in [5.41, 5.74) is -0.215. The summed E-state index contributed by atoms with van der Waals surface area (Å²) >= 11 is 5.70. The molecule has 0 aliphatic carbocycles. The Morgan fingerprint density at radius 1 is 1.37 bits per heavy atom. The minimum atomic E-state index is -3.10. The van der Waals surface area contributed by atoms with Gasteiger partial charge in [0.2, 0.25) is 0 Å². The first-order chi connectivity index (χ1) is 8.85. The molecule has 106 valence electrons. The van der Waals surface area contributed by atoms with Gasteiger partial charge in [0, 0.05) is 12.1 Å². The monoisotopic (exact) mass is 307 g/mol. The van der Waals surface area contributed by atoms with Crippen LogP contribution in [0.3, 0.4) is 0 Å². The second kappa shape index (κ2) is 6.72. The van der Waals surface area contributed by atoms with Crippen LogP contribution in [0.1, 0.15) is 13.3 Å². The molecule has 6 nitrogen and oxygen atoms in total. The molecule has 1 aromatic carbocycles. The summed E-state index contributed by atoms with van der Waals surface area (Å²) in [4.78, 5) is 9.95. The summed E-state index contributed by atoms with van der Waals surface area (Å²) in [6.07, 6.45) is 0.561. The van der Waals surface area contributed by atoms with Gasteiger partial charge in [-0.3, -0.25) is 10.1 Å². The molecule has 0 fully saturated rings. The van der Waals surface area contributed by atoms with E-state index in [2.05, 4.69) is 0 Å². The van der Waals surface area contributed by atoms with Crippen LogP contribution >= 0.6 is 11.6 Å². The zero-order valence-corrected chi connectivity index (χ0v) is 11.9. The molecule has 0 aliphatic heterocycles. The van der Waals surface area contributed by atoms with Crippen LogP contribution in [0.4, 0.5) is 5.69 Å². The summed E-state index contributed by atoms with van der Waals surface area (Å²) in [5.74, 6) is 0.342. The molecule has 0 amide bonds. The van der Waals surface area contributed by atoms with Gasteiger partial charge in [-0.1, -0.05) is 18.5 Å². The minimum absolute atomic E-state index is 0.00350. The second-order valence-electron chi connectivity index (χ2n) is 3.87. The highest BCUT2D eigenvalue weighted by Gasteiger charge is 2.13. The minimum Gasteiger partial charge on any atom is -0.492 e. The Kier molecular flexibility index (Phi) is 5.56. The summed E-state index contributed by atoms with van der Waals surface area (Å²) in [5, 5.41) is 10.5. The number of hydrogen-bond acceptors (Lipinski definition) is 5. The van der Waals surface area contributed by atoms with Crippen molar-refractivity contribution < 1.29 is 18.1 Å². The molecule has 1 rings (SSSR count). The van der Waals surface area contributed by atoms with Crippen LogP contribution in [0, 0.1) is 10.1 Å². The zero-order chi connectivity index (χ0) is 14.5. The molecule has 0 bridgehead atoms. The normalized spacial score (nSPS) is 11.3. The summed E-state index contributed by atoms with van der Waals surface area (Å²) in [6, 6.07) is 3.90. The number of halogens is 1. The standard InChI is InChI=1S/C11H14ClNO5S/c1-2-6-19(16,17)7-5-18-9-3-4-11(13(14)15)10(12)8-9/h3-4,8H,2,5-7H2,1H3. The third-order valence-corrected chi connectivity index (χ3v) is 4.42. The Hall–Kier alpha value is -1.34. The first kappa shape index (κ1) is 15.7. The van der Waals surface area contributed by atoms with Gasteiger partial charge in [0.25, 0.3) is 5.69 Å². The molecule has 0 spiro atoms. The number of nitro benzene ring substituents is 1. The molecule has 8 heteroatoms. The molecule has 0 saturated heterocycles. The zero-order valence-electron chi connectivity index (χ0n) is 10.3. The first-order valence-corrected chi connectivity index (χ1v) is 7.83. The fourth-order valence-corrected chi connectivity index (χ4v) is 2.83. The molecule has 0 aliphatic rings. The highest BCUT2D eigenvalue weighted by Crippen LogP contribution is 2.28. The Morgan fingerprint density at radius 2 is 2.05 bits per heavy atom. The topological polar surface area (TPSA) is 86.5 Å². The second-order valence-corrected chi connectivity index (χ2v) is 6.58. The van der Waals surface area contributed by atoms with Gasteiger partial charge < -0.3 is 4.74 Å². The van der Waals surface area contributed by atoms with E-state index < -0.39 is 14.8 Å². The van der Waals surface area contributed by atoms with E-state index in [1.807, 2.05) is 0 Å². The molecule has 0 atom stereocenters. The summed E-state index contributed by atoms with van der Waals surface area (Å²) in [7, 11) is -3.10. The lowest BCUT2D eigenvalue weighted by Crippen LogP contribution is -2.16. The van der Waals surface area contributed by atoms with Crippen LogP contribution in [0.2, 0.25) is 5.02 Å². The number of nitrogens with zero attached hydrogens (tertiary/aromatic N) is 1. The summed E-state index contributed by atoms with van der Waals surface area (Å²) < 4.78 is 28.1. The van der Waals surface area contributed by atoms with Gasteiger partial charge in [0.05, 0.1) is 16.4 Å². The van der Waals surface area contributed by atoms with Crippen molar-refractivity contribution >= 4 is 27.1 Å². The third-order valence-electron chi connectivity index (χ3n) is 2.29. The van der Waals surface area contributed by atoms with E-state index in [1.165, 1.54) is 18.2 Å². The van der Waals surface area contributed by atoms with Crippen LogP contribution in [-0.2, 0) is 9.84 Å². The van der Waals surface area contributed by atoms with Crippen molar-refractivity contribution in [3.63, 3.8) is 0 Å². The maximum absolute atomic E-state index is 11.4. The van der Waals surface area contributed by atoms with Crippen molar-refractivity contribution in [2.24, 2.45) is 0 Å². The van der Waals surface area contributed by atoms with Crippen molar-refractivity contribution in [1.29, 1.82) is 0 Å². The van der Waals surface area contributed by atoms with Crippen LogP contribution in [-0.4, -0.2) is 31.5 Å². The van der Waals surface area contributed by atoms with Crippen LogP contribution in [0.25, 0.3) is 0 Å². The predicted molar refractivity (Wildman–Crippen MR) is 72.5 cm³/mol. The van der Waals surface area contributed by atoms with Gasteiger partial charge in [0.15, 0.2) is 9.84 Å². The number of benzene rings is 1. The smallest absolute Gasteiger partial charge is 0.288 e. The Balaban J connectivity index is 2.60. The van der Waals surface area contributed by atoms with Gasteiger partial charge in [-0.2, -0.15) is 0 Å². The lowest BCUT2D eigenvalue weighted by molar-refractivity contribution is -0.384. The van der Waals surface area contributed by atoms with Crippen LogP contribution in [0.15, 0.2) is 18.2 Å². The quantitative estimate of drug-likeness (QED) is 0.570. The van der Waals surface area contributed by atoms with Gasteiger partial charge in [-0.05, 0) is 12.5 Å². The Labute approximate surface area is 116 Å². The van der Waals surface area contributed by atoms with Crippen molar-refractivity contribution in [2.45, 2.75) is 13.3 Å². The Bertz CT molecular complexity index is 558. The predicted octanol–water partition coefficient (Wildman–Crippen LogP) is 2.45. The highest BCUT2D eigenvalue weighted by atomic mass is 35.5. The maximum Gasteiger partial charge on any atom is 0.288 e. The molecule has 1 aromatic rings. The van der Waals surface area contributed by atoms with Crippen LogP contribution in [0.5, 0.6) is 5.75 Å². The molecule has 0 heterocycles. The molecule has 0 saturated carbocycles. The van der Waals surface area contributed by atoms with E-state index in [0.717, 1.165) is 0 Å². The largest absolute Gasteiger partial charge is 0.492 e. The van der Waals surface area contributed by atoms with Gasteiger partial charge >= 0.3 is 0 Å². The average Bonchev–Trinajstić information content (AvgIpc) is 2.28. The van der Waals surface area contributed by atoms with Gasteiger partial charge in [-0.15, -0.1) is 0 Å². The maximum atomic E-state index is 11.4. The van der Waals surface area contributed by atoms with Gasteiger partial charge in [0.1, 0.15) is 17.4 Å². The van der Waals surface area contributed by atoms with Crippen molar-refractivity contribution in [3.8, 4) is 5.75 Å². The molecule has 0 unspecified atom stereocenters. The molecule has 0 radical (unpaired) electrons. The van der Waals surface area contributed by atoms with Gasteiger partial charge in [-0.25, -0.2) is 8.42 Å². The number of rotatable bonds is 7. The van der Waals surface area contributed by atoms with Crippen LogP contribution < -0.4 is 4.74 Å². The molecule has 0 N–H and O–H groups in total. The lowest BCUT2D eigenvalue weighted by atomic mass is 10.3. The van der Waals surface area contributed by atoms with E-state index in [9.17, 15) is 18.5 Å². The molecular weight excluding hydrogens is 294 g/mol. The third kappa shape index (κ3) is 5.04. The van der Waals surface area contributed by atoms with Crippen molar-refractivity contribution in [1.82, 2.24) is 0 Å². The number of ether oxygens (including phenoxy) is 1. The molecule has 0 aromatic heterocycles. The van der Waals surface area contributed by atoms with Crippen molar-refractivity contribution in [2.75, 3.05) is 18.1 Å². The van der Waals surface area contributed by atoms with E-state index in [-0.39, 0.29) is 28.8 Å². The number of sulfone groups is 1.